The molecule has 2 atom stereocenters. The van der Waals surface area contributed by atoms with E-state index >= 15 is 0 Å². The maximum Gasteiger partial charge on any atom is 0.227 e. The average Bonchev–Trinajstić information content (AvgIpc) is 3.02. The number of carbonyl (C=O) groups is 1. The molecular weight excluding hydrogens is 462 g/mol. The first-order valence-corrected chi connectivity index (χ1v) is 10.6. The first-order valence-electron chi connectivity index (χ1n) is 8.70. The van der Waals surface area contributed by atoms with Crippen LogP contribution in [0.3, 0.4) is 0 Å². The molecule has 0 unspecified atom stereocenters. The summed E-state index contributed by atoms with van der Waals surface area (Å²) in [5.41, 5.74) is 2.04. The van der Waals surface area contributed by atoms with E-state index < -0.39 is 0 Å². The van der Waals surface area contributed by atoms with Crippen LogP contribution in [0.2, 0.25) is 0 Å². The molecule has 0 bridgehead atoms. The van der Waals surface area contributed by atoms with Crippen molar-refractivity contribution in [3.63, 3.8) is 0 Å². The second kappa shape index (κ2) is 8.13. The van der Waals surface area contributed by atoms with Crippen LogP contribution in [0.4, 0.5) is 0 Å². The molecule has 0 spiro atoms. The van der Waals surface area contributed by atoms with Gasteiger partial charge in [-0.25, -0.2) is 0 Å². The molecule has 26 heavy (non-hydrogen) atoms. The van der Waals surface area contributed by atoms with Crippen LogP contribution in [0.25, 0.3) is 10.9 Å². The number of hydrogen-bond donors (Lipinski definition) is 0. The Morgan fingerprint density at radius 3 is 2.88 bits per heavy atom. The van der Waals surface area contributed by atoms with Gasteiger partial charge in [0.05, 0.1) is 23.1 Å². The predicted octanol–water partition coefficient (Wildman–Crippen LogP) is 4.91. The van der Waals surface area contributed by atoms with Gasteiger partial charge in [0.2, 0.25) is 5.91 Å². The van der Waals surface area contributed by atoms with Gasteiger partial charge < -0.3 is 9.64 Å². The Kier molecular flexibility index (Phi) is 6.07. The number of allylic oxidation sites excluding steroid dienone is 2. The third kappa shape index (κ3) is 3.83. The van der Waals surface area contributed by atoms with Crippen LogP contribution in [0, 0.1) is 5.92 Å². The monoisotopic (exact) mass is 483 g/mol. The van der Waals surface area contributed by atoms with Gasteiger partial charge in [0.1, 0.15) is 5.75 Å². The van der Waals surface area contributed by atoms with E-state index in [1.54, 1.807) is 12.0 Å². The van der Waals surface area contributed by atoms with Gasteiger partial charge in [0.15, 0.2) is 0 Å². The number of methoxy groups -OCH3 is 1. The fourth-order valence-corrected chi connectivity index (χ4v) is 4.35. The molecule has 1 aromatic heterocycles. The van der Waals surface area contributed by atoms with E-state index in [-0.39, 0.29) is 11.9 Å². The van der Waals surface area contributed by atoms with Gasteiger partial charge in [-0.2, -0.15) is 5.10 Å². The van der Waals surface area contributed by atoms with Gasteiger partial charge >= 0.3 is 0 Å². The van der Waals surface area contributed by atoms with Crippen LogP contribution >= 0.6 is 31.9 Å². The number of rotatable bonds is 5. The Balaban J connectivity index is 1.83. The van der Waals surface area contributed by atoms with Gasteiger partial charge in [-0.3, -0.25) is 9.48 Å². The van der Waals surface area contributed by atoms with E-state index in [4.69, 9.17) is 9.84 Å². The molecule has 0 saturated carbocycles. The third-order valence-corrected chi connectivity index (χ3v) is 6.02. The van der Waals surface area contributed by atoms with Crippen LogP contribution in [-0.2, 0) is 4.79 Å². The highest BCUT2D eigenvalue weighted by Gasteiger charge is 2.26. The topological polar surface area (TPSA) is 47.4 Å². The molecule has 7 heteroatoms. The second-order valence-electron chi connectivity index (χ2n) is 6.67. The first-order chi connectivity index (χ1) is 12.4. The highest BCUT2D eigenvalue weighted by molar-refractivity contribution is 9.10. The molecule has 0 N–H and O–H groups in total. The second-order valence-corrected chi connectivity index (χ2v) is 8.32. The molecule has 1 aromatic carbocycles. The normalized spacial score (nSPS) is 20.1. The fraction of sp³-hybridized carbons (Fsp3) is 0.474. The Morgan fingerprint density at radius 1 is 1.46 bits per heavy atom. The zero-order chi connectivity index (χ0) is 18.8. The number of fused-ring (bicyclic) bond motifs is 1. The van der Waals surface area contributed by atoms with Gasteiger partial charge in [-0.15, -0.1) is 0 Å². The van der Waals surface area contributed by atoms with E-state index in [2.05, 4.69) is 55.7 Å². The summed E-state index contributed by atoms with van der Waals surface area (Å²) in [6, 6.07) is 4.28. The molecule has 5 nitrogen and oxygen atoms in total. The molecule has 140 valence electrons. The lowest BCUT2D eigenvalue weighted by Crippen LogP contribution is -2.30. The van der Waals surface area contributed by atoms with E-state index in [0.717, 1.165) is 39.7 Å². The molecule has 1 amide bonds. The molecule has 0 radical (unpaired) electrons. The fourth-order valence-electron chi connectivity index (χ4n) is 3.49. The Bertz CT molecular complexity index is 847. The van der Waals surface area contributed by atoms with Crippen molar-refractivity contribution in [3.8, 4) is 5.75 Å². The van der Waals surface area contributed by atoms with Gasteiger partial charge in [0.25, 0.3) is 0 Å². The molecule has 1 aliphatic rings. The summed E-state index contributed by atoms with van der Waals surface area (Å²) in [6.07, 6.45) is 6.67. The van der Waals surface area contributed by atoms with Gasteiger partial charge in [-0.05, 0) is 40.8 Å². The smallest absolute Gasteiger partial charge is 0.227 e. The van der Waals surface area contributed by atoms with Crippen LogP contribution < -0.4 is 4.74 Å². The largest absolute Gasteiger partial charge is 0.495 e. The summed E-state index contributed by atoms with van der Waals surface area (Å²) in [4.78, 5) is 13.9. The quantitative estimate of drug-likeness (QED) is 0.566. The van der Waals surface area contributed by atoms with Crippen molar-refractivity contribution < 1.29 is 9.53 Å². The summed E-state index contributed by atoms with van der Waals surface area (Å²) in [5, 5.41) is 6.55. The lowest BCUT2D eigenvalue weighted by molar-refractivity contribution is -0.127. The van der Waals surface area contributed by atoms with E-state index in [0.29, 0.717) is 17.7 Å². The third-order valence-electron chi connectivity index (χ3n) is 5.01. The lowest BCUT2D eigenvalue weighted by atomic mass is 9.89. The summed E-state index contributed by atoms with van der Waals surface area (Å²) in [5.74, 6) is 1.24. The number of alkyl halides is 1. The van der Waals surface area contributed by atoms with Gasteiger partial charge in [-0.1, -0.05) is 28.9 Å². The number of nitrogens with zero attached hydrogens (tertiary/aromatic N) is 3. The highest BCUT2D eigenvalue weighted by Crippen LogP contribution is 2.35. The molecule has 2 aromatic rings. The van der Waals surface area contributed by atoms with Crippen LogP contribution in [0.5, 0.6) is 5.75 Å². The molecular formula is C19H23Br2N3O2. The Morgan fingerprint density at radius 2 is 2.23 bits per heavy atom. The molecule has 0 saturated heterocycles. The number of benzene rings is 1. The molecule has 1 heterocycles. The standard InChI is InChI=1S/C19H23Br2N3O2/c1-12-8-14(23(2)19(25)6-7-20)4-5-17(12)24-11-13-9-15(21)18(26-3)10-16(13)22-24/h8-12,17H,4-7H2,1-3H3/t12-,17-/m1/s1. The molecule has 0 aliphatic heterocycles. The van der Waals surface area contributed by atoms with E-state index in [1.807, 2.05) is 19.2 Å². The number of carbonyl (C=O) groups excluding carboxylic acids is 1. The molecule has 1 aliphatic carbocycles. The number of aromatic nitrogens is 2. The van der Waals surface area contributed by atoms with Crippen LogP contribution in [0.15, 0.2) is 34.6 Å². The summed E-state index contributed by atoms with van der Waals surface area (Å²) < 4.78 is 8.36. The number of halogens is 2. The number of hydrogen-bond acceptors (Lipinski definition) is 3. The van der Waals surface area contributed by atoms with Crippen LogP contribution in [0.1, 0.15) is 32.2 Å². The SMILES string of the molecule is COc1cc2nn([C@@H]3CCC(N(C)C(=O)CCBr)=C[C@H]3C)cc2cc1Br. The van der Waals surface area contributed by atoms with Crippen molar-refractivity contribution in [2.75, 3.05) is 19.5 Å². The van der Waals surface area contributed by atoms with Crippen molar-refractivity contribution in [2.24, 2.45) is 5.92 Å². The maximum atomic E-state index is 12.1. The van der Waals surface area contributed by atoms with Crippen molar-refractivity contribution in [3.05, 3.63) is 34.6 Å². The number of amides is 1. The lowest BCUT2D eigenvalue weighted by Gasteiger charge is -2.31. The predicted molar refractivity (Wildman–Crippen MR) is 111 cm³/mol. The minimum absolute atomic E-state index is 0.153. The number of ether oxygens (including phenoxy) is 1. The summed E-state index contributed by atoms with van der Waals surface area (Å²) >= 11 is 6.87. The van der Waals surface area contributed by atoms with E-state index in [1.165, 1.54) is 0 Å². The Hall–Kier alpha value is -1.34. The average molecular weight is 485 g/mol. The molecule has 0 fully saturated rings. The highest BCUT2D eigenvalue weighted by atomic mass is 79.9. The van der Waals surface area contributed by atoms with Crippen molar-refractivity contribution in [2.45, 2.75) is 32.2 Å². The maximum absolute atomic E-state index is 12.1. The van der Waals surface area contributed by atoms with Crippen molar-refractivity contribution in [1.29, 1.82) is 0 Å². The Labute approximate surface area is 170 Å². The zero-order valence-corrected chi connectivity index (χ0v) is 18.4. The van der Waals surface area contributed by atoms with Crippen molar-refractivity contribution in [1.82, 2.24) is 14.7 Å². The van der Waals surface area contributed by atoms with E-state index in [9.17, 15) is 4.79 Å². The first kappa shape index (κ1) is 19.4. The van der Waals surface area contributed by atoms with Gasteiger partial charge in [0, 0.05) is 42.1 Å². The van der Waals surface area contributed by atoms with Crippen molar-refractivity contribution >= 4 is 48.7 Å². The minimum atomic E-state index is 0.153. The zero-order valence-electron chi connectivity index (χ0n) is 15.2. The molecule has 3 rings (SSSR count). The minimum Gasteiger partial charge on any atom is -0.495 e. The summed E-state index contributed by atoms with van der Waals surface area (Å²) in [7, 11) is 3.53. The van der Waals surface area contributed by atoms with Crippen LogP contribution in [-0.4, -0.2) is 40.1 Å². The summed E-state index contributed by atoms with van der Waals surface area (Å²) in [6.45, 7) is 2.19.